The van der Waals surface area contributed by atoms with Gasteiger partial charge < -0.3 is 9.88 Å². The molecule has 0 saturated carbocycles. The first kappa shape index (κ1) is 18.4. The average molecular weight is 379 g/mol. The van der Waals surface area contributed by atoms with E-state index in [9.17, 15) is 9.59 Å². The Morgan fingerprint density at radius 3 is 2.89 bits per heavy atom. The second-order valence-electron chi connectivity index (χ2n) is 7.63. The Kier molecular flexibility index (Phi) is 4.75. The molecule has 1 saturated heterocycles. The predicted molar refractivity (Wildman–Crippen MR) is 107 cm³/mol. The van der Waals surface area contributed by atoms with Gasteiger partial charge in [-0.3, -0.25) is 19.3 Å². The highest BCUT2D eigenvalue weighted by molar-refractivity contribution is 5.78. The maximum atomic E-state index is 12.9. The Morgan fingerprint density at radius 1 is 1.32 bits per heavy atom. The second kappa shape index (κ2) is 7.22. The van der Waals surface area contributed by atoms with Gasteiger partial charge in [0, 0.05) is 42.0 Å². The first-order valence-corrected chi connectivity index (χ1v) is 9.70. The first-order valence-electron chi connectivity index (χ1n) is 9.70. The molecule has 1 N–H and O–H groups in total. The zero-order valence-corrected chi connectivity index (χ0v) is 16.5. The minimum Gasteiger partial charge on any atom is -0.340 e. The van der Waals surface area contributed by atoms with Crippen LogP contribution in [-0.4, -0.2) is 43.6 Å². The lowest BCUT2D eigenvalue weighted by molar-refractivity contribution is -0.133. The summed E-state index contributed by atoms with van der Waals surface area (Å²) in [5.74, 6) is 0.192. The van der Waals surface area contributed by atoms with Crippen LogP contribution in [0.1, 0.15) is 41.4 Å². The van der Waals surface area contributed by atoms with Crippen LogP contribution in [0.4, 0.5) is 0 Å². The molecule has 1 amide bonds. The van der Waals surface area contributed by atoms with Crippen molar-refractivity contribution in [2.24, 2.45) is 0 Å². The number of hydrogen-bond acceptors (Lipinski definition) is 4. The molecule has 7 heteroatoms. The molecule has 1 aliphatic rings. The summed E-state index contributed by atoms with van der Waals surface area (Å²) in [7, 11) is 0. The van der Waals surface area contributed by atoms with E-state index in [1.807, 2.05) is 43.9 Å². The molecule has 0 radical (unpaired) electrons. The number of aromatic nitrogens is 4. The van der Waals surface area contributed by atoms with Crippen molar-refractivity contribution in [3.63, 3.8) is 0 Å². The Bertz CT molecular complexity index is 1100. The van der Waals surface area contributed by atoms with Crippen LogP contribution in [0.2, 0.25) is 0 Å². The van der Waals surface area contributed by atoms with Gasteiger partial charge in [0.2, 0.25) is 5.91 Å². The van der Waals surface area contributed by atoms with Gasteiger partial charge in [0.1, 0.15) is 12.1 Å². The number of amides is 1. The van der Waals surface area contributed by atoms with Gasteiger partial charge >= 0.3 is 0 Å². The smallest absolute Gasteiger partial charge is 0.274 e. The van der Waals surface area contributed by atoms with Crippen LogP contribution >= 0.6 is 0 Å². The fourth-order valence-corrected chi connectivity index (χ4v) is 3.96. The number of likely N-dealkylation sites (tertiary alicyclic amines) is 1. The van der Waals surface area contributed by atoms with Gasteiger partial charge in [0.25, 0.3) is 5.56 Å². The van der Waals surface area contributed by atoms with Crippen molar-refractivity contribution in [2.75, 3.05) is 13.1 Å². The fraction of sp³-hybridized carbons (Fsp3) is 0.429. The minimum atomic E-state index is -0.172. The number of pyridine rings is 2. The van der Waals surface area contributed by atoms with Gasteiger partial charge in [-0.25, -0.2) is 0 Å². The number of hydrogen-bond donors (Lipinski definition) is 1. The number of rotatable bonds is 3. The summed E-state index contributed by atoms with van der Waals surface area (Å²) in [6.45, 7) is 7.60. The van der Waals surface area contributed by atoms with Crippen molar-refractivity contribution >= 4 is 16.8 Å². The highest BCUT2D eigenvalue weighted by Gasteiger charge is 2.26. The monoisotopic (exact) mass is 379 g/mol. The molecular formula is C21H25N5O2. The van der Waals surface area contributed by atoms with Crippen molar-refractivity contribution in [3.05, 3.63) is 57.4 Å². The SMILES string of the molecule is Cc1nn(CC(=O)N2CCCC(c3cc4cccnc4c(=O)[nH]3)C2)c(C)c1C. The van der Waals surface area contributed by atoms with Crippen LogP contribution in [0.15, 0.2) is 29.2 Å². The maximum absolute atomic E-state index is 12.9. The van der Waals surface area contributed by atoms with Gasteiger partial charge in [-0.1, -0.05) is 6.07 Å². The first-order chi connectivity index (χ1) is 13.4. The Morgan fingerprint density at radius 2 is 2.14 bits per heavy atom. The third kappa shape index (κ3) is 3.32. The van der Waals surface area contributed by atoms with Crippen LogP contribution in [0.25, 0.3) is 10.9 Å². The van der Waals surface area contributed by atoms with Crippen molar-refractivity contribution < 1.29 is 4.79 Å². The number of carbonyl (C=O) groups is 1. The topological polar surface area (TPSA) is 83.9 Å². The third-order valence-corrected chi connectivity index (χ3v) is 5.87. The van der Waals surface area contributed by atoms with E-state index >= 15 is 0 Å². The molecule has 3 aromatic heterocycles. The van der Waals surface area contributed by atoms with E-state index in [0.29, 0.717) is 12.1 Å². The number of aromatic amines is 1. The molecule has 28 heavy (non-hydrogen) atoms. The molecule has 3 aromatic rings. The summed E-state index contributed by atoms with van der Waals surface area (Å²) in [5.41, 5.74) is 4.29. The van der Waals surface area contributed by atoms with Crippen molar-refractivity contribution in [1.29, 1.82) is 0 Å². The summed E-state index contributed by atoms with van der Waals surface area (Å²) in [6.07, 6.45) is 3.49. The molecule has 1 fully saturated rings. The van der Waals surface area contributed by atoms with E-state index in [4.69, 9.17) is 0 Å². The largest absolute Gasteiger partial charge is 0.340 e. The molecule has 0 bridgehead atoms. The van der Waals surface area contributed by atoms with E-state index < -0.39 is 0 Å². The number of aryl methyl sites for hydroxylation is 1. The normalized spacial score (nSPS) is 17.2. The molecule has 7 nitrogen and oxygen atoms in total. The van der Waals surface area contributed by atoms with E-state index in [1.54, 1.807) is 10.9 Å². The predicted octanol–water partition coefficient (Wildman–Crippen LogP) is 2.45. The number of H-pyrrole nitrogens is 1. The summed E-state index contributed by atoms with van der Waals surface area (Å²) in [5, 5.41) is 5.32. The van der Waals surface area contributed by atoms with Crippen LogP contribution < -0.4 is 5.56 Å². The van der Waals surface area contributed by atoms with Crippen LogP contribution in [0, 0.1) is 20.8 Å². The van der Waals surface area contributed by atoms with E-state index in [-0.39, 0.29) is 23.9 Å². The Balaban J connectivity index is 1.53. The van der Waals surface area contributed by atoms with Crippen LogP contribution in [-0.2, 0) is 11.3 Å². The molecular weight excluding hydrogens is 354 g/mol. The van der Waals surface area contributed by atoms with E-state index in [0.717, 1.165) is 47.4 Å². The van der Waals surface area contributed by atoms with Gasteiger partial charge in [0.05, 0.1) is 5.69 Å². The summed E-state index contributed by atoms with van der Waals surface area (Å²) in [4.78, 5) is 34.3. The molecule has 0 spiro atoms. The van der Waals surface area contributed by atoms with Crippen molar-refractivity contribution in [3.8, 4) is 0 Å². The number of piperidine rings is 1. The molecule has 4 heterocycles. The van der Waals surface area contributed by atoms with Crippen molar-refractivity contribution in [2.45, 2.75) is 46.1 Å². The van der Waals surface area contributed by atoms with E-state index in [1.165, 1.54) is 0 Å². The fourth-order valence-electron chi connectivity index (χ4n) is 3.96. The molecule has 0 aromatic carbocycles. The van der Waals surface area contributed by atoms with Crippen LogP contribution in [0.5, 0.6) is 0 Å². The standard InChI is InChI=1S/C21H25N5O2/c1-13-14(2)24-26(15(13)3)12-19(27)25-9-5-7-17(11-25)18-10-16-6-4-8-22-20(16)21(28)23-18/h4,6,8,10,17H,5,7,9,11-12H2,1-3H3,(H,23,28). The second-order valence-corrected chi connectivity index (χ2v) is 7.63. The average Bonchev–Trinajstić information content (AvgIpc) is 2.94. The lowest BCUT2D eigenvalue weighted by Crippen LogP contribution is -2.41. The number of fused-ring (bicyclic) bond motifs is 1. The molecule has 4 rings (SSSR count). The van der Waals surface area contributed by atoms with Crippen molar-refractivity contribution in [1.82, 2.24) is 24.6 Å². The quantitative estimate of drug-likeness (QED) is 0.758. The zero-order valence-electron chi connectivity index (χ0n) is 16.5. The molecule has 1 unspecified atom stereocenters. The van der Waals surface area contributed by atoms with Gasteiger partial charge in [-0.05, 0) is 51.3 Å². The maximum Gasteiger partial charge on any atom is 0.274 e. The minimum absolute atomic E-state index is 0.0695. The lowest BCUT2D eigenvalue weighted by atomic mass is 9.93. The summed E-state index contributed by atoms with van der Waals surface area (Å²) in [6, 6.07) is 5.73. The highest BCUT2D eigenvalue weighted by atomic mass is 16.2. The Hall–Kier alpha value is -2.96. The highest BCUT2D eigenvalue weighted by Crippen LogP contribution is 2.26. The molecule has 0 aliphatic carbocycles. The molecule has 1 atom stereocenters. The van der Waals surface area contributed by atoms with Gasteiger partial charge in [-0.15, -0.1) is 0 Å². The lowest BCUT2D eigenvalue weighted by Gasteiger charge is -2.33. The Labute approximate surface area is 163 Å². The third-order valence-electron chi connectivity index (χ3n) is 5.87. The number of nitrogens with one attached hydrogen (secondary N) is 1. The zero-order chi connectivity index (χ0) is 19.8. The van der Waals surface area contributed by atoms with Gasteiger partial charge in [-0.2, -0.15) is 5.10 Å². The van der Waals surface area contributed by atoms with E-state index in [2.05, 4.69) is 15.1 Å². The number of carbonyl (C=O) groups excluding carboxylic acids is 1. The van der Waals surface area contributed by atoms with Crippen LogP contribution in [0.3, 0.4) is 0 Å². The summed E-state index contributed by atoms with van der Waals surface area (Å²) >= 11 is 0. The molecule has 1 aliphatic heterocycles. The summed E-state index contributed by atoms with van der Waals surface area (Å²) < 4.78 is 1.79. The van der Waals surface area contributed by atoms with Gasteiger partial charge in [0.15, 0.2) is 0 Å². The molecule has 146 valence electrons. The number of nitrogens with zero attached hydrogens (tertiary/aromatic N) is 4.